The number of nitrogens with one attached hydrogen (secondary N) is 2. The molecule has 1 amide bonds. The van der Waals surface area contributed by atoms with Crippen molar-refractivity contribution in [3.8, 4) is 0 Å². The lowest BCUT2D eigenvalue weighted by atomic mass is 9.85. The molecule has 0 aliphatic heterocycles. The van der Waals surface area contributed by atoms with Gasteiger partial charge in [-0.25, -0.2) is 13.1 Å². The van der Waals surface area contributed by atoms with Gasteiger partial charge in [0, 0.05) is 0 Å². The summed E-state index contributed by atoms with van der Waals surface area (Å²) in [5.41, 5.74) is -2.00. The molecule has 0 radical (unpaired) electrons. The lowest BCUT2D eigenvalue weighted by Crippen LogP contribution is -2.61. The van der Waals surface area contributed by atoms with Crippen LogP contribution < -0.4 is 10.0 Å². The van der Waals surface area contributed by atoms with Gasteiger partial charge >= 0.3 is 0 Å². The largest absolute Gasteiger partial charge is 0.388 e. The van der Waals surface area contributed by atoms with Gasteiger partial charge in [-0.15, -0.1) is 0 Å². The third-order valence-electron chi connectivity index (χ3n) is 3.59. The zero-order valence-electron chi connectivity index (χ0n) is 13.7. The van der Waals surface area contributed by atoms with E-state index in [1.165, 1.54) is 6.92 Å². The van der Waals surface area contributed by atoms with Crippen LogP contribution in [0, 0.1) is 0 Å². The van der Waals surface area contributed by atoms with Crippen molar-refractivity contribution in [1.82, 2.24) is 10.0 Å². The molecule has 0 aromatic rings. The van der Waals surface area contributed by atoms with Gasteiger partial charge in [0.15, 0.2) is 0 Å². The number of hydrogen-bond acceptors (Lipinski definition) is 5. The summed E-state index contributed by atoms with van der Waals surface area (Å²) in [4.78, 5) is 12.3. The van der Waals surface area contributed by atoms with E-state index in [2.05, 4.69) is 10.0 Å². The second kappa shape index (κ2) is 7.80. The first-order chi connectivity index (χ1) is 9.36. The number of carbonyl (C=O) groups excluding carboxylic acids is 1. The maximum absolute atomic E-state index is 12.3. The van der Waals surface area contributed by atoms with Crippen molar-refractivity contribution in [2.45, 2.75) is 58.2 Å². The number of rotatable bonds is 9. The van der Waals surface area contributed by atoms with Crippen molar-refractivity contribution < 1.29 is 18.3 Å². The topological polar surface area (TPSA) is 95.5 Å². The molecule has 3 N–H and O–H groups in total. The van der Waals surface area contributed by atoms with Crippen molar-refractivity contribution in [1.29, 1.82) is 0 Å². The molecule has 1 atom stereocenters. The smallest absolute Gasteiger partial charge is 0.238 e. The summed E-state index contributed by atoms with van der Waals surface area (Å²) in [5, 5.41) is 12.8. The van der Waals surface area contributed by atoms with Gasteiger partial charge < -0.3 is 10.4 Å². The average Bonchev–Trinajstić information content (AvgIpc) is 2.32. The molecule has 0 bridgehead atoms. The van der Waals surface area contributed by atoms with Crippen molar-refractivity contribution in [2.24, 2.45) is 0 Å². The second-order valence-electron chi connectivity index (χ2n) is 6.03. The SMILES string of the molecule is CCS(=O)(=O)NC(CCSC)C(=O)NC(C)(C)C(C)(C)O. The second-order valence-corrected chi connectivity index (χ2v) is 9.06. The minimum Gasteiger partial charge on any atom is -0.388 e. The lowest BCUT2D eigenvalue weighted by Gasteiger charge is -2.39. The Bertz CT molecular complexity index is 442. The fourth-order valence-corrected chi connectivity index (χ4v) is 2.62. The minimum atomic E-state index is -3.47. The van der Waals surface area contributed by atoms with E-state index >= 15 is 0 Å². The Morgan fingerprint density at radius 2 is 1.81 bits per heavy atom. The third-order valence-corrected chi connectivity index (χ3v) is 5.64. The number of sulfonamides is 1. The van der Waals surface area contributed by atoms with Crippen LogP contribution in [0.2, 0.25) is 0 Å². The highest BCUT2D eigenvalue weighted by atomic mass is 32.2. The predicted octanol–water partition coefficient (Wildman–Crippen LogP) is 0.713. The molecule has 0 saturated heterocycles. The van der Waals surface area contributed by atoms with Crippen LogP contribution in [-0.4, -0.2) is 54.4 Å². The number of thioether (sulfide) groups is 1. The van der Waals surface area contributed by atoms with Gasteiger partial charge in [-0.05, 0) is 53.0 Å². The van der Waals surface area contributed by atoms with Crippen LogP contribution in [0.5, 0.6) is 0 Å². The number of amides is 1. The summed E-state index contributed by atoms with van der Waals surface area (Å²) in [5.74, 6) is 0.159. The minimum absolute atomic E-state index is 0.0784. The van der Waals surface area contributed by atoms with Crippen LogP contribution in [-0.2, 0) is 14.8 Å². The molecule has 0 fully saturated rings. The van der Waals surface area contributed by atoms with E-state index in [1.807, 2.05) is 6.26 Å². The summed E-state index contributed by atoms with van der Waals surface area (Å²) in [7, 11) is -3.47. The Labute approximate surface area is 132 Å². The molecule has 0 spiro atoms. The monoisotopic (exact) mass is 340 g/mol. The molecule has 0 aliphatic carbocycles. The normalized spacial score (nSPS) is 14.8. The van der Waals surface area contributed by atoms with Crippen molar-refractivity contribution in [3.63, 3.8) is 0 Å². The number of carbonyl (C=O) groups is 1. The first-order valence-corrected chi connectivity index (χ1v) is 9.94. The maximum Gasteiger partial charge on any atom is 0.238 e. The first kappa shape index (κ1) is 20.7. The van der Waals surface area contributed by atoms with Crippen LogP contribution in [0.3, 0.4) is 0 Å². The van der Waals surface area contributed by atoms with Crippen molar-refractivity contribution in [3.05, 3.63) is 0 Å². The molecule has 126 valence electrons. The van der Waals surface area contributed by atoms with Gasteiger partial charge in [-0.3, -0.25) is 4.79 Å². The van der Waals surface area contributed by atoms with Gasteiger partial charge in [-0.2, -0.15) is 11.8 Å². The molecule has 8 heteroatoms. The van der Waals surface area contributed by atoms with Gasteiger partial charge in [-0.1, -0.05) is 0 Å². The highest BCUT2D eigenvalue weighted by Gasteiger charge is 2.38. The molecule has 0 aromatic heterocycles. The Morgan fingerprint density at radius 1 is 1.29 bits per heavy atom. The molecule has 0 heterocycles. The van der Waals surface area contributed by atoms with Gasteiger partial charge in [0.05, 0.1) is 16.9 Å². The Hall–Kier alpha value is -0.310. The standard InChI is InChI=1S/C13H28N2O4S2/c1-7-21(18,19)15-10(8-9-20-6)11(16)14-12(2,3)13(4,5)17/h10,15,17H,7-9H2,1-6H3,(H,14,16). The van der Waals surface area contributed by atoms with E-state index in [0.717, 1.165) is 0 Å². The van der Waals surface area contributed by atoms with E-state index < -0.39 is 33.1 Å². The van der Waals surface area contributed by atoms with Crippen LogP contribution in [0.1, 0.15) is 41.0 Å². The average molecular weight is 341 g/mol. The molecule has 0 rings (SSSR count). The Balaban J connectivity index is 5.05. The molecule has 0 saturated carbocycles. The van der Waals surface area contributed by atoms with E-state index in [0.29, 0.717) is 12.2 Å². The molecular formula is C13H28N2O4S2. The van der Waals surface area contributed by atoms with Crippen LogP contribution in [0.25, 0.3) is 0 Å². The van der Waals surface area contributed by atoms with Gasteiger partial charge in [0.25, 0.3) is 0 Å². The van der Waals surface area contributed by atoms with Crippen LogP contribution in [0.4, 0.5) is 0 Å². The van der Waals surface area contributed by atoms with Crippen LogP contribution >= 0.6 is 11.8 Å². The zero-order valence-corrected chi connectivity index (χ0v) is 15.3. The molecule has 1 unspecified atom stereocenters. The third kappa shape index (κ3) is 6.99. The fraction of sp³-hybridized carbons (Fsp3) is 0.923. The summed E-state index contributed by atoms with van der Waals surface area (Å²) < 4.78 is 25.8. The van der Waals surface area contributed by atoms with Gasteiger partial charge in [0.1, 0.15) is 6.04 Å². The maximum atomic E-state index is 12.3. The van der Waals surface area contributed by atoms with E-state index in [-0.39, 0.29) is 5.75 Å². The van der Waals surface area contributed by atoms with Crippen LogP contribution in [0.15, 0.2) is 0 Å². The summed E-state index contributed by atoms with van der Waals surface area (Å²) in [6.45, 7) is 8.11. The number of hydrogen-bond donors (Lipinski definition) is 3. The van der Waals surface area contributed by atoms with Gasteiger partial charge in [0.2, 0.25) is 15.9 Å². The molecule has 21 heavy (non-hydrogen) atoms. The predicted molar refractivity (Wildman–Crippen MR) is 87.9 cm³/mol. The highest BCUT2D eigenvalue weighted by Crippen LogP contribution is 2.20. The fourth-order valence-electron chi connectivity index (χ4n) is 1.33. The molecular weight excluding hydrogens is 312 g/mol. The van der Waals surface area contributed by atoms with E-state index in [9.17, 15) is 18.3 Å². The van der Waals surface area contributed by atoms with Crippen molar-refractivity contribution >= 4 is 27.7 Å². The van der Waals surface area contributed by atoms with E-state index in [1.54, 1.807) is 39.5 Å². The zero-order chi connectivity index (χ0) is 16.9. The molecule has 6 nitrogen and oxygen atoms in total. The Morgan fingerprint density at radius 3 is 2.19 bits per heavy atom. The number of aliphatic hydroxyl groups is 1. The lowest BCUT2D eigenvalue weighted by molar-refractivity contribution is -0.127. The first-order valence-electron chi connectivity index (χ1n) is 6.89. The van der Waals surface area contributed by atoms with E-state index in [4.69, 9.17) is 0 Å². The Kier molecular flexibility index (Phi) is 7.69. The molecule has 0 aliphatic rings. The summed E-state index contributed by atoms with van der Waals surface area (Å²) in [6.07, 6.45) is 2.29. The van der Waals surface area contributed by atoms with Crippen molar-refractivity contribution in [2.75, 3.05) is 17.8 Å². The highest BCUT2D eigenvalue weighted by molar-refractivity contribution is 7.98. The quantitative estimate of drug-likeness (QED) is 0.575. The summed E-state index contributed by atoms with van der Waals surface area (Å²) in [6, 6.07) is -0.830. The summed E-state index contributed by atoms with van der Waals surface area (Å²) >= 11 is 1.54. The molecule has 0 aromatic carbocycles.